The first kappa shape index (κ1) is 14.1. The highest BCUT2D eigenvalue weighted by molar-refractivity contribution is 5.36. The van der Waals surface area contributed by atoms with Crippen molar-refractivity contribution in [3.05, 3.63) is 78.9 Å². The second kappa shape index (κ2) is 6.33. The molecule has 0 fully saturated rings. The van der Waals surface area contributed by atoms with Crippen LogP contribution in [0.3, 0.4) is 0 Å². The highest BCUT2D eigenvalue weighted by Gasteiger charge is 2.08. The lowest BCUT2D eigenvalue weighted by Gasteiger charge is -2.08. The Balaban J connectivity index is 1.47. The van der Waals surface area contributed by atoms with E-state index >= 15 is 0 Å². The third-order valence-electron chi connectivity index (χ3n) is 3.51. The minimum absolute atomic E-state index is 0.281. The molecule has 0 amide bonds. The van der Waals surface area contributed by atoms with E-state index in [0.717, 1.165) is 17.1 Å². The highest BCUT2D eigenvalue weighted by atomic mass is 16.5. The lowest BCUT2D eigenvalue weighted by molar-refractivity contribution is 0.292. The summed E-state index contributed by atoms with van der Waals surface area (Å²) in [5.74, 6) is 1.38. The highest BCUT2D eigenvalue weighted by Crippen LogP contribution is 2.16. The molecule has 4 aromatic rings. The predicted octanol–water partition coefficient (Wildman–Crippen LogP) is 2.43. The first-order chi connectivity index (χ1) is 11.9. The van der Waals surface area contributed by atoms with Gasteiger partial charge in [0.2, 0.25) is 0 Å². The average Bonchev–Trinajstić information content (AvgIpc) is 3.33. The minimum atomic E-state index is 0.281. The van der Waals surface area contributed by atoms with Gasteiger partial charge < -0.3 is 4.74 Å². The molecule has 0 unspecified atom stereocenters. The molecule has 2 heterocycles. The first-order valence-electron chi connectivity index (χ1n) is 7.46. The summed E-state index contributed by atoms with van der Waals surface area (Å²) in [6.45, 7) is 0.281. The fourth-order valence-corrected chi connectivity index (χ4v) is 2.33. The number of hydrogen-bond acceptors (Lipinski definition) is 5. The fourth-order valence-electron chi connectivity index (χ4n) is 2.33. The van der Waals surface area contributed by atoms with Gasteiger partial charge in [-0.05, 0) is 52.9 Å². The maximum atomic E-state index is 5.79. The van der Waals surface area contributed by atoms with E-state index in [1.807, 2.05) is 66.9 Å². The van der Waals surface area contributed by atoms with Gasteiger partial charge in [-0.25, -0.2) is 4.68 Å². The largest absolute Gasteiger partial charge is 0.486 e. The van der Waals surface area contributed by atoms with Crippen LogP contribution in [0.15, 0.2) is 73.1 Å². The zero-order valence-electron chi connectivity index (χ0n) is 12.7. The molecule has 0 N–H and O–H groups in total. The molecule has 0 spiro atoms. The molecule has 0 saturated heterocycles. The van der Waals surface area contributed by atoms with Crippen molar-refractivity contribution >= 4 is 0 Å². The molecule has 0 radical (unpaired) electrons. The van der Waals surface area contributed by atoms with Crippen LogP contribution in [0.5, 0.6) is 5.75 Å². The normalized spacial score (nSPS) is 10.7. The Morgan fingerprint density at radius 1 is 0.875 bits per heavy atom. The van der Waals surface area contributed by atoms with E-state index in [1.165, 1.54) is 0 Å². The lowest BCUT2D eigenvalue weighted by Crippen LogP contribution is -2.06. The van der Waals surface area contributed by atoms with E-state index < -0.39 is 0 Å². The number of hydrogen-bond donors (Lipinski definition) is 0. The molecule has 0 saturated carbocycles. The van der Waals surface area contributed by atoms with Gasteiger partial charge in [-0.3, -0.25) is 0 Å². The summed E-state index contributed by atoms with van der Waals surface area (Å²) in [5, 5.41) is 16.0. The smallest absolute Gasteiger partial charge is 0.194 e. The van der Waals surface area contributed by atoms with E-state index in [2.05, 4.69) is 20.6 Å². The van der Waals surface area contributed by atoms with E-state index in [4.69, 9.17) is 4.74 Å². The molecule has 0 aliphatic heterocycles. The summed E-state index contributed by atoms with van der Waals surface area (Å²) in [6.07, 6.45) is 3.64. The van der Waals surface area contributed by atoms with Crippen LogP contribution in [0.4, 0.5) is 0 Å². The number of nitrogens with zero attached hydrogens (tertiary/aromatic N) is 6. The van der Waals surface area contributed by atoms with Gasteiger partial charge in [0.15, 0.2) is 5.82 Å². The molecule has 7 nitrogen and oxygen atoms in total. The predicted molar refractivity (Wildman–Crippen MR) is 87.1 cm³/mol. The van der Waals surface area contributed by atoms with Crippen molar-refractivity contribution in [3.8, 4) is 17.1 Å². The van der Waals surface area contributed by atoms with E-state index in [1.54, 1.807) is 15.6 Å². The Labute approximate surface area is 138 Å². The summed E-state index contributed by atoms with van der Waals surface area (Å²) < 4.78 is 9.25. The van der Waals surface area contributed by atoms with E-state index in [9.17, 15) is 0 Å². The van der Waals surface area contributed by atoms with Crippen molar-refractivity contribution in [2.45, 2.75) is 6.61 Å². The molecule has 118 valence electrons. The van der Waals surface area contributed by atoms with Crippen LogP contribution in [0, 0.1) is 0 Å². The maximum absolute atomic E-state index is 5.79. The molecule has 24 heavy (non-hydrogen) atoms. The topological polar surface area (TPSA) is 70.7 Å². The second-order valence-corrected chi connectivity index (χ2v) is 5.08. The van der Waals surface area contributed by atoms with Gasteiger partial charge in [0.25, 0.3) is 0 Å². The van der Waals surface area contributed by atoms with Crippen LogP contribution in [0.1, 0.15) is 5.82 Å². The number of rotatable bonds is 5. The fraction of sp³-hybridized carbons (Fsp3) is 0.0588. The molecule has 2 aromatic carbocycles. The van der Waals surface area contributed by atoms with Crippen LogP contribution in [0.25, 0.3) is 11.4 Å². The Morgan fingerprint density at radius 2 is 1.71 bits per heavy atom. The molecule has 7 heteroatoms. The van der Waals surface area contributed by atoms with Crippen LogP contribution < -0.4 is 4.74 Å². The Morgan fingerprint density at radius 3 is 2.46 bits per heavy atom. The van der Waals surface area contributed by atoms with Crippen LogP contribution in [0.2, 0.25) is 0 Å². The number of ether oxygens (including phenoxy) is 1. The average molecular weight is 318 g/mol. The standard InChI is InChI=1S/C17H14N6O/c1-2-5-15(6-3-1)23-17(19-20-21-23)13-24-16-9-7-14(8-10-16)22-12-4-11-18-22/h1-12H,13H2. The third kappa shape index (κ3) is 2.87. The summed E-state index contributed by atoms with van der Waals surface area (Å²) in [5.41, 5.74) is 1.87. The molecule has 0 aliphatic carbocycles. The quantitative estimate of drug-likeness (QED) is 0.565. The summed E-state index contributed by atoms with van der Waals surface area (Å²) in [6, 6.07) is 19.3. The monoisotopic (exact) mass is 318 g/mol. The van der Waals surface area contributed by atoms with Crippen molar-refractivity contribution in [1.82, 2.24) is 30.0 Å². The minimum Gasteiger partial charge on any atom is -0.486 e. The number of benzene rings is 2. The van der Waals surface area contributed by atoms with Crippen LogP contribution in [-0.4, -0.2) is 30.0 Å². The van der Waals surface area contributed by atoms with Gasteiger partial charge in [0.1, 0.15) is 12.4 Å². The van der Waals surface area contributed by atoms with Gasteiger partial charge in [0, 0.05) is 12.4 Å². The Hall–Kier alpha value is -3.48. The van der Waals surface area contributed by atoms with Gasteiger partial charge in [0.05, 0.1) is 11.4 Å². The van der Waals surface area contributed by atoms with Gasteiger partial charge in [-0.2, -0.15) is 9.78 Å². The molecule has 2 aromatic heterocycles. The third-order valence-corrected chi connectivity index (χ3v) is 3.51. The van der Waals surface area contributed by atoms with E-state index in [0.29, 0.717) is 5.82 Å². The number of para-hydroxylation sites is 1. The van der Waals surface area contributed by atoms with Crippen molar-refractivity contribution in [3.63, 3.8) is 0 Å². The van der Waals surface area contributed by atoms with Crippen LogP contribution >= 0.6 is 0 Å². The first-order valence-corrected chi connectivity index (χ1v) is 7.46. The molecule has 0 atom stereocenters. The summed E-state index contributed by atoms with van der Waals surface area (Å²) in [7, 11) is 0. The zero-order chi connectivity index (χ0) is 16.2. The van der Waals surface area contributed by atoms with Crippen molar-refractivity contribution in [2.24, 2.45) is 0 Å². The molecular weight excluding hydrogens is 304 g/mol. The van der Waals surface area contributed by atoms with E-state index in [-0.39, 0.29) is 6.61 Å². The van der Waals surface area contributed by atoms with Gasteiger partial charge in [-0.1, -0.05) is 18.2 Å². The number of tetrazole rings is 1. The summed E-state index contributed by atoms with van der Waals surface area (Å²) >= 11 is 0. The second-order valence-electron chi connectivity index (χ2n) is 5.08. The summed E-state index contributed by atoms with van der Waals surface area (Å²) in [4.78, 5) is 0. The zero-order valence-corrected chi connectivity index (χ0v) is 12.7. The Bertz CT molecular complexity index is 900. The number of aromatic nitrogens is 6. The van der Waals surface area contributed by atoms with Crippen LogP contribution in [-0.2, 0) is 6.61 Å². The molecule has 0 bridgehead atoms. The van der Waals surface area contributed by atoms with Crippen molar-refractivity contribution in [1.29, 1.82) is 0 Å². The van der Waals surface area contributed by atoms with Gasteiger partial charge in [-0.15, -0.1) is 5.10 Å². The van der Waals surface area contributed by atoms with Crippen molar-refractivity contribution in [2.75, 3.05) is 0 Å². The SMILES string of the molecule is c1ccc(-n2nnnc2COc2ccc(-n3cccn3)cc2)cc1. The molecular formula is C17H14N6O. The Kier molecular flexibility index (Phi) is 3.73. The van der Waals surface area contributed by atoms with Crippen molar-refractivity contribution < 1.29 is 4.74 Å². The van der Waals surface area contributed by atoms with Gasteiger partial charge >= 0.3 is 0 Å². The molecule has 4 rings (SSSR count). The molecule has 0 aliphatic rings. The maximum Gasteiger partial charge on any atom is 0.194 e. The lowest BCUT2D eigenvalue weighted by atomic mass is 10.3.